The third kappa shape index (κ3) is 3.08. The SMILES string of the molecule is O=C([C@H]1CC=CCC1)N1CCC(n2cnc3ncccc3c2=O)CC1. The van der Waals surface area contributed by atoms with Crippen LogP contribution in [0.5, 0.6) is 0 Å². The number of fused-ring (bicyclic) bond motifs is 1. The molecule has 130 valence electrons. The van der Waals surface area contributed by atoms with Gasteiger partial charge < -0.3 is 4.90 Å². The summed E-state index contributed by atoms with van der Waals surface area (Å²) in [5.41, 5.74) is 0.446. The second-order valence-corrected chi connectivity index (χ2v) is 6.87. The van der Waals surface area contributed by atoms with Gasteiger partial charge in [-0.2, -0.15) is 0 Å². The molecule has 0 radical (unpaired) electrons. The number of hydrogen-bond donors (Lipinski definition) is 0. The number of amides is 1. The van der Waals surface area contributed by atoms with E-state index >= 15 is 0 Å². The molecule has 1 aliphatic carbocycles. The van der Waals surface area contributed by atoms with Crippen molar-refractivity contribution >= 4 is 16.9 Å². The molecule has 2 aliphatic rings. The fourth-order valence-electron chi connectivity index (χ4n) is 3.88. The molecule has 6 heteroatoms. The Morgan fingerprint density at radius 2 is 1.96 bits per heavy atom. The Balaban J connectivity index is 1.47. The maximum absolute atomic E-state index is 12.7. The molecule has 0 bridgehead atoms. The summed E-state index contributed by atoms with van der Waals surface area (Å²) in [6.45, 7) is 1.42. The maximum Gasteiger partial charge on any atom is 0.263 e. The van der Waals surface area contributed by atoms with Gasteiger partial charge in [0.05, 0.1) is 5.39 Å². The number of hydrogen-bond acceptors (Lipinski definition) is 4. The van der Waals surface area contributed by atoms with Gasteiger partial charge in [-0.15, -0.1) is 0 Å². The van der Waals surface area contributed by atoms with Crippen molar-refractivity contribution in [2.24, 2.45) is 5.92 Å². The second kappa shape index (κ2) is 6.78. The monoisotopic (exact) mass is 338 g/mol. The summed E-state index contributed by atoms with van der Waals surface area (Å²) in [5.74, 6) is 0.411. The van der Waals surface area contributed by atoms with Crippen molar-refractivity contribution in [2.75, 3.05) is 13.1 Å². The van der Waals surface area contributed by atoms with Crippen molar-refractivity contribution in [1.29, 1.82) is 0 Å². The largest absolute Gasteiger partial charge is 0.342 e. The van der Waals surface area contributed by atoms with Gasteiger partial charge >= 0.3 is 0 Å². The zero-order valence-corrected chi connectivity index (χ0v) is 14.2. The van der Waals surface area contributed by atoms with Gasteiger partial charge in [-0.05, 0) is 44.2 Å². The van der Waals surface area contributed by atoms with Crippen LogP contribution in [0.25, 0.3) is 11.0 Å². The summed E-state index contributed by atoms with van der Waals surface area (Å²) in [4.78, 5) is 35.7. The normalized spacial score (nSPS) is 21.6. The topological polar surface area (TPSA) is 68.1 Å². The van der Waals surface area contributed by atoms with Gasteiger partial charge in [0, 0.05) is 31.2 Å². The van der Waals surface area contributed by atoms with Gasteiger partial charge in [0.2, 0.25) is 5.91 Å². The molecule has 1 saturated heterocycles. The van der Waals surface area contributed by atoms with Gasteiger partial charge in [-0.25, -0.2) is 9.97 Å². The standard InChI is InChI=1S/C19H22N4O2/c24-18(14-5-2-1-3-6-14)22-11-8-15(9-12-22)23-13-21-17-16(19(23)25)7-4-10-20-17/h1-2,4,7,10,13-15H,3,5-6,8-9,11-12H2/t14-/m0/s1. The lowest BCUT2D eigenvalue weighted by molar-refractivity contribution is -0.137. The lowest BCUT2D eigenvalue weighted by Gasteiger charge is -2.35. The molecule has 0 aromatic carbocycles. The van der Waals surface area contributed by atoms with Crippen molar-refractivity contribution in [2.45, 2.75) is 38.1 Å². The summed E-state index contributed by atoms with van der Waals surface area (Å²) in [6.07, 6.45) is 11.9. The minimum Gasteiger partial charge on any atom is -0.342 e. The van der Waals surface area contributed by atoms with Gasteiger partial charge in [-0.1, -0.05) is 12.2 Å². The van der Waals surface area contributed by atoms with E-state index in [9.17, 15) is 9.59 Å². The zero-order chi connectivity index (χ0) is 17.2. The van der Waals surface area contributed by atoms with Crippen LogP contribution >= 0.6 is 0 Å². The minimum atomic E-state index is -0.0414. The number of carbonyl (C=O) groups excluding carboxylic acids is 1. The van der Waals surface area contributed by atoms with Gasteiger partial charge in [0.25, 0.3) is 5.56 Å². The third-order valence-electron chi connectivity index (χ3n) is 5.34. The van der Waals surface area contributed by atoms with Crippen molar-refractivity contribution in [3.05, 3.63) is 47.2 Å². The highest BCUT2D eigenvalue weighted by Gasteiger charge is 2.29. The van der Waals surface area contributed by atoms with Crippen LogP contribution in [0.2, 0.25) is 0 Å². The summed E-state index contributed by atoms with van der Waals surface area (Å²) in [7, 11) is 0. The van der Waals surface area contributed by atoms with Crippen molar-refractivity contribution < 1.29 is 4.79 Å². The summed E-state index contributed by atoms with van der Waals surface area (Å²) >= 11 is 0. The lowest BCUT2D eigenvalue weighted by Crippen LogP contribution is -2.43. The van der Waals surface area contributed by atoms with E-state index in [1.54, 1.807) is 29.2 Å². The smallest absolute Gasteiger partial charge is 0.263 e. The lowest BCUT2D eigenvalue weighted by atomic mass is 9.92. The number of allylic oxidation sites excluding steroid dienone is 2. The van der Waals surface area contributed by atoms with Crippen molar-refractivity contribution in [3.8, 4) is 0 Å². The Morgan fingerprint density at radius 3 is 2.72 bits per heavy atom. The van der Waals surface area contributed by atoms with E-state index in [0.717, 1.165) is 32.1 Å². The molecule has 0 saturated carbocycles. The molecule has 1 atom stereocenters. The average Bonchev–Trinajstić information content (AvgIpc) is 2.69. The van der Waals surface area contributed by atoms with E-state index in [1.807, 2.05) is 4.90 Å². The quantitative estimate of drug-likeness (QED) is 0.788. The van der Waals surface area contributed by atoms with E-state index in [0.29, 0.717) is 24.1 Å². The maximum atomic E-state index is 12.7. The molecule has 1 fully saturated rings. The van der Waals surface area contributed by atoms with E-state index in [2.05, 4.69) is 22.1 Å². The van der Waals surface area contributed by atoms with Crippen LogP contribution < -0.4 is 5.56 Å². The Labute approximate surface area is 146 Å². The number of carbonyl (C=O) groups is 1. The molecule has 0 N–H and O–H groups in total. The first kappa shape index (κ1) is 16.0. The molecular formula is C19H22N4O2. The van der Waals surface area contributed by atoms with Gasteiger partial charge in [-0.3, -0.25) is 14.2 Å². The third-order valence-corrected chi connectivity index (χ3v) is 5.34. The van der Waals surface area contributed by atoms with Crippen molar-refractivity contribution in [1.82, 2.24) is 19.4 Å². The van der Waals surface area contributed by atoms with Gasteiger partial charge in [0.1, 0.15) is 6.33 Å². The predicted molar refractivity (Wildman–Crippen MR) is 95.1 cm³/mol. The molecule has 4 rings (SSSR count). The summed E-state index contributed by atoms with van der Waals surface area (Å²) in [5, 5.41) is 0.553. The fraction of sp³-hybridized carbons (Fsp3) is 0.474. The molecule has 3 heterocycles. The molecule has 25 heavy (non-hydrogen) atoms. The van der Waals surface area contributed by atoms with Crippen LogP contribution in [0, 0.1) is 5.92 Å². The molecule has 1 amide bonds. The predicted octanol–water partition coefficient (Wildman–Crippen LogP) is 2.31. The number of likely N-dealkylation sites (tertiary alicyclic amines) is 1. The number of pyridine rings is 1. The molecule has 1 aliphatic heterocycles. The van der Waals surface area contributed by atoms with Crippen LogP contribution in [-0.4, -0.2) is 38.4 Å². The zero-order valence-electron chi connectivity index (χ0n) is 14.2. The van der Waals surface area contributed by atoms with E-state index < -0.39 is 0 Å². The molecule has 2 aromatic rings. The minimum absolute atomic E-state index is 0.0414. The highest BCUT2D eigenvalue weighted by atomic mass is 16.2. The summed E-state index contributed by atoms with van der Waals surface area (Å²) in [6, 6.07) is 3.62. The van der Waals surface area contributed by atoms with Crippen LogP contribution in [0.1, 0.15) is 38.1 Å². The Morgan fingerprint density at radius 1 is 1.12 bits per heavy atom. The summed E-state index contributed by atoms with van der Waals surface area (Å²) < 4.78 is 1.72. The highest BCUT2D eigenvalue weighted by molar-refractivity contribution is 5.79. The molecule has 0 unspecified atom stereocenters. The van der Waals surface area contributed by atoms with Crippen LogP contribution in [0.3, 0.4) is 0 Å². The number of rotatable bonds is 2. The first-order valence-corrected chi connectivity index (χ1v) is 8.99. The number of piperidine rings is 1. The fourth-order valence-corrected chi connectivity index (χ4v) is 3.88. The van der Waals surface area contributed by atoms with Crippen LogP contribution in [0.15, 0.2) is 41.6 Å². The Hall–Kier alpha value is -2.50. The van der Waals surface area contributed by atoms with Crippen LogP contribution in [-0.2, 0) is 4.79 Å². The van der Waals surface area contributed by atoms with E-state index in [1.165, 1.54) is 0 Å². The average molecular weight is 338 g/mol. The number of nitrogens with zero attached hydrogens (tertiary/aromatic N) is 4. The van der Waals surface area contributed by atoms with Crippen LogP contribution in [0.4, 0.5) is 0 Å². The first-order chi connectivity index (χ1) is 12.2. The molecular weight excluding hydrogens is 316 g/mol. The molecule has 6 nitrogen and oxygen atoms in total. The molecule has 0 spiro atoms. The Kier molecular flexibility index (Phi) is 4.34. The second-order valence-electron chi connectivity index (χ2n) is 6.87. The molecule has 2 aromatic heterocycles. The Bertz CT molecular complexity index is 865. The number of aromatic nitrogens is 3. The van der Waals surface area contributed by atoms with Crippen molar-refractivity contribution in [3.63, 3.8) is 0 Å². The van der Waals surface area contributed by atoms with Gasteiger partial charge in [0.15, 0.2) is 5.65 Å². The van der Waals surface area contributed by atoms with E-state index in [4.69, 9.17) is 0 Å². The van der Waals surface area contributed by atoms with E-state index in [-0.39, 0.29) is 23.4 Å². The highest BCUT2D eigenvalue weighted by Crippen LogP contribution is 2.26. The first-order valence-electron chi connectivity index (χ1n) is 8.99.